The second-order valence-corrected chi connectivity index (χ2v) is 4.30. The molecule has 0 radical (unpaired) electrons. The number of aliphatic hydroxyl groups is 1. The van der Waals surface area contributed by atoms with Crippen LogP contribution in [0.3, 0.4) is 0 Å². The molecular weight excluding hydrogens is 228 g/mol. The number of ether oxygens (including phenoxy) is 1. The SMILES string of the molecule is COc1ccc(C)cc1-c1cnc(CCO)n1C. The van der Waals surface area contributed by atoms with Gasteiger partial charge >= 0.3 is 0 Å². The van der Waals surface area contributed by atoms with Crippen molar-refractivity contribution in [3.8, 4) is 17.0 Å². The fourth-order valence-electron chi connectivity index (χ4n) is 2.05. The minimum atomic E-state index is 0.106. The number of rotatable bonds is 4. The lowest BCUT2D eigenvalue weighted by atomic mass is 10.1. The van der Waals surface area contributed by atoms with Crippen LogP contribution in [0.4, 0.5) is 0 Å². The van der Waals surface area contributed by atoms with E-state index in [0.29, 0.717) is 6.42 Å². The van der Waals surface area contributed by atoms with E-state index in [1.165, 1.54) is 5.56 Å². The van der Waals surface area contributed by atoms with Crippen LogP contribution < -0.4 is 4.74 Å². The van der Waals surface area contributed by atoms with Gasteiger partial charge < -0.3 is 14.4 Å². The monoisotopic (exact) mass is 246 g/mol. The molecular formula is C14H18N2O2. The minimum absolute atomic E-state index is 0.106. The lowest BCUT2D eigenvalue weighted by Gasteiger charge is -2.11. The first-order valence-electron chi connectivity index (χ1n) is 5.94. The molecule has 0 unspecified atom stereocenters. The number of benzene rings is 1. The number of aryl methyl sites for hydroxylation is 1. The predicted molar refractivity (Wildman–Crippen MR) is 70.7 cm³/mol. The van der Waals surface area contributed by atoms with Gasteiger partial charge in [-0.3, -0.25) is 0 Å². The molecule has 1 aromatic heterocycles. The van der Waals surface area contributed by atoms with Crippen LogP contribution in [0.25, 0.3) is 11.3 Å². The molecule has 1 aromatic carbocycles. The molecule has 96 valence electrons. The van der Waals surface area contributed by atoms with Crippen molar-refractivity contribution in [1.82, 2.24) is 9.55 Å². The van der Waals surface area contributed by atoms with Gasteiger partial charge in [0.05, 0.1) is 25.6 Å². The number of nitrogens with zero attached hydrogens (tertiary/aromatic N) is 2. The maximum Gasteiger partial charge on any atom is 0.128 e. The molecule has 0 bridgehead atoms. The Kier molecular flexibility index (Phi) is 3.67. The molecule has 2 rings (SSSR count). The maximum absolute atomic E-state index is 8.99. The number of hydrogen-bond acceptors (Lipinski definition) is 3. The summed E-state index contributed by atoms with van der Waals surface area (Å²) in [6.07, 6.45) is 2.38. The lowest BCUT2D eigenvalue weighted by Crippen LogP contribution is -2.02. The van der Waals surface area contributed by atoms with Crippen molar-refractivity contribution in [2.24, 2.45) is 7.05 Å². The minimum Gasteiger partial charge on any atom is -0.496 e. The van der Waals surface area contributed by atoms with E-state index >= 15 is 0 Å². The lowest BCUT2D eigenvalue weighted by molar-refractivity contribution is 0.295. The molecule has 1 heterocycles. The third-order valence-corrected chi connectivity index (χ3v) is 3.05. The van der Waals surface area contributed by atoms with Gasteiger partial charge in [0.2, 0.25) is 0 Å². The Morgan fingerprint density at radius 2 is 2.17 bits per heavy atom. The molecule has 4 nitrogen and oxygen atoms in total. The second kappa shape index (κ2) is 5.23. The van der Waals surface area contributed by atoms with Gasteiger partial charge in [0.1, 0.15) is 11.6 Å². The highest BCUT2D eigenvalue weighted by Gasteiger charge is 2.12. The van der Waals surface area contributed by atoms with Gasteiger partial charge in [-0.1, -0.05) is 11.6 Å². The van der Waals surface area contributed by atoms with Gasteiger partial charge in [-0.05, 0) is 19.1 Å². The molecule has 2 aromatic rings. The standard InChI is InChI=1S/C14H18N2O2/c1-10-4-5-13(18-3)11(8-10)12-9-15-14(6-7-17)16(12)2/h4-5,8-9,17H,6-7H2,1-3H3. The van der Waals surface area contributed by atoms with E-state index in [9.17, 15) is 0 Å². The van der Waals surface area contributed by atoms with Gasteiger partial charge in [0, 0.05) is 19.0 Å². The zero-order chi connectivity index (χ0) is 13.1. The van der Waals surface area contributed by atoms with Gasteiger partial charge in [0.25, 0.3) is 0 Å². The molecule has 0 amide bonds. The van der Waals surface area contributed by atoms with E-state index in [0.717, 1.165) is 22.8 Å². The molecule has 18 heavy (non-hydrogen) atoms. The van der Waals surface area contributed by atoms with Crippen molar-refractivity contribution in [2.75, 3.05) is 13.7 Å². The van der Waals surface area contributed by atoms with Crippen LogP contribution in [-0.2, 0) is 13.5 Å². The van der Waals surface area contributed by atoms with E-state index < -0.39 is 0 Å². The van der Waals surface area contributed by atoms with Crippen molar-refractivity contribution in [1.29, 1.82) is 0 Å². The van der Waals surface area contributed by atoms with Crippen LogP contribution in [0.5, 0.6) is 5.75 Å². The Hall–Kier alpha value is -1.81. The van der Waals surface area contributed by atoms with Crippen molar-refractivity contribution in [3.05, 3.63) is 35.8 Å². The molecule has 0 fully saturated rings. The Morgan fingerprint density at radius 1 is 1.39 bits per heavy atom. The zero-order valence-electron chi connectivity index (χ0n) is 11.0. The molecule has 0 aliphatic heterocycles. The van der Waals surface area contributed by atoms with Gasteiger partial charge in [-0.2, -0.15) is 0 Å². The average Bonchev–Trinajstić information content (AvgIpc) is 2.72. The quantitative estimate of drug-likeness (QED) is 0.896. The first-order chi connectivity index (χ1) is 8.67. The predicted octanol–water partition coefficient (Wildman–Crippen LogP) is 1.94. The summed E-state index contributed by atoms with van der Waals surface area (Å²) in [6, 6.07) is 6.06. The summed E-state index contributed by atoms with van der Waals surface area (Å²) in [7, 11) is 3.62. The van der Waals surface area contributed by atoms with Gasteiger partial charge in [-0.25, -0.2) is 4.98 Å². The first-order valence-corrected chi connectivity index (χ1v) is 5.94. The van der Waals surface area contributed by atoms with Crippen molar-refractivity contribution in [3.63, 3.8) is 0 Å². The van der Waals surface area contributed by atoms with E-state index in [4.69, 9.17) is 9.84 Å². The van der Waals surface area contributed by atoms with Crippen LogP contribution in [0.1, 0.15) is 11.4 Å². The van der Waals surface area contributed by atoms with E-state index in [1.54, 1.807) is 7.11 Å². The van der Waals surface area contributed by atoms with E-state index in [-0.39, 0.29) is 6.61 Å². The average molecular weight is 246 g/mol. The molecule has 0 saturated heterocycles. The number of aliphatic hydroxyl groups excluding tert-OH is 1. The Labute approximate surface area is 107 Å². The number of hydrogen-bond donors (Lipinski definition) is 1. The van der Waals surface area contributed by atoms with Crippen LogP contribution in [-0.4, -0.2) is 28.4 Å². The molecule has 0 saturated carbocycles. The highest BCUT2D eigenvalue weighted by atomic mass is 16.5. The molecule has 4 heteroatoms. The molecule has 0 atom stereocenters. The summed E-state index contributed by atoms with van der Waals surface area (Å²) in [6.45, 7) is 2.16. The Morgan fingerprint density at radius 3 is 2.83 bits per heavy atom. The smallest absolute Gasteiger partial charge is 0.128 e. The third kappa shape index (κ3) is 2.24. The first kappa shape index (κ1) is 12.6. The summed E-state index contributed by atoms with van der Waals surface area (Å²) in [5.74, 6) is 1.70. The van der Waals surface area contributed by atoms with Crippen LogP contribution in [0.2, 0.25) is 0 Å². The molecule has 1 N–H and O–H groups in total. The summed E-state index contributed by atoms with van der Waals surface area (Å²) in [4.78, 5) is 4.33. The van der Waals surface area contributed by atoms with E-state index in [2.05, 4.69) is 11.1 Å². The normalized spacial score (nSPS) is 10.7. The third-order valence-electron chi connectivity index (χ3n) is 3.05. The number of aromatic nitrogens is 2. The van der Waals surface area contributed by atoms with Gasteiger partial charge in [-0.15, -0.1) is 0 Å². The molecule has 0 spiro atoms. The van der Waals surface area contributed by atoms with Crippen molar-refractivity contribution >= 4 is 0 Å². The zero-order valence-corrected chi connectivity index (χ0v) is 11.0. The molecule has 0 aliphatic carbocycles. The number of methoxy groups -OCH3 is 1. The topological polar surface area (TPSA) is 47.3 Å². The highest BCUT2D eigenvalue weighted by molar-refractivity contribution is 5.68. The second-order valence-electron chi connectivity index (χ2n) is 4.30. The van der Waals surface area contributed by atoms with Crippen molar-refractivity contribution < 1.29 is 9.84 Å². The summed E-state index contributed by atoms with van der Waals surface area (Å²) in [5, 5.41) is 8.99. The van der Waals surface area contributed by atoms with Crippen LogP contribution in [0, 0.1) is 6.92 Å². The fraction of sp³-hybridized carbons (Fsp3) is 0.357. The van der Waals surface area contributed by atoms with Crippen LogP contribution >= 0.6 is 0 Å². The summed E-state index contributed by atoms with van der Waals surface area (Å²) in [5.41, 5.74) is 3.20. The maximum atomic E-state index is 8.99. The Balaban J connectivity index is 2.51. The van der Waals surface area contributed by atoms with E-state index in [1.807, 2.05) is 36.9 Å². The Bertz CT molecular complexity index is 547. The largest absolute Gasteiger partial charge is 0.496 e. The molecule has 0 aliphatic rings. The van der Waals surface area contributed by atoms with Crippen LogP contribution in [0.15, 0.2) is 24.4 Å². The number of imidazole rings is 1. The fourth-order valence-corrected chi connectivity index (χ4v) is 2.05. The summed E-state index contributed by atoms with van der Waals surface area (Å²) < 4.78 is 7.38. The summed E-state index contributed by atoms with van der Waals surface area (Å²) >= 11 is 0. The highest BCUT2D eigenvalue weighted by Crippen LogP contribution is 2.30. The van der Waals surface area contributed by atoms with Gasteiger partial charge in [0.15, 0.2) is 0 Å². The van der Waals surface area contributed by atoms with Crippen molar-refractivity contribution in [2.45, 2.75) is 13.3 Å².